The number of ether oxygens (including phenoxy) is 1. The van der Waals surface area contributed by atoms with E-state index in [1.807, 2.05) is 0 Å². The molecule has 0 saturated carbocycles. The van der Waals surface area contributed by atoms with Gasteiger partial charge >= 0.3 is 5.97 Å². The predicted molar refractivity (Wildman–Crippen MR) is 76.4 cm³/mol. The summed E-state index contributed by atoms with van der Waals surface area (Å²) in [5.74, 6) is -1.29. The molecule has 0 aromatic heterocycles. The minimum atomic E-state index is -0.724. The zero-order valence-electron chi connectivity index (χ0n) is 10.2. The molecule has 0 bridgehead atoms. The smallest absolute Gasteiger partial charge is 0.340 e. The molecule has 0 spiro atoms. The lowest BCUT2D eigenvalue weighted by molar-refractivity contribution is 0.0473. The summed E-state index contributed by atoms with van der Waals surface area (Å²) in [7, 11) is 0. The van der Waals surface area contributed by atoms with Gasteiger partial charge in [0.2, 0.25) is 0 Å². The number of nitrogen functional groups attached to an aromatic ring is 1. The molecule has 0 heterocycles. The van der Waals surface area contributed by atoms with E-state index in [4.69, 9.17) is 33.7 Å². The quantitative estimate of drug-likeness (QED) is 0.686. The zero-order valence-corrected chi connectivity index (χ0v) is 11.7. The van der Waals surface area contributed by atoms with Crippen LogP contribution >= 0.6 is 23.2 Å². The van der Waals surface area contributed by atoms with E-state index in [-0.39, 0.29) is 17.9 Å². The monoisotopic (exact) mass is 313 g/mol. The summed E-state index contributed by atoms with van der Waals surface area (Å²) in [6, 6.07) is 8.31. The second-order valence-corrected chi connectivity index (χ2v) is 4.89. The molecule has 2 rings (SSSR count). The molecule has 20 heavy (non-hydrogen) atoms. The van der Waals surface area contributed by atoms with Gasteiger partial charge in [-0.25, -0.2) is 9.18 Å². The summed E-state index contributed by atoms with van der Waals surface area (Å²) >= 11 is 11.8. The van der Waals surface area contributed by atoms with E-state index in [0.717, 1.165) is 6.07 Å². The number of benzene rings is 2. The van der Waals surface area contributed by atoms with Crippen LogP contribution in [-0.4, -0.2) is 5.97 Å². The Bertz CT molecular complexity index is 662. The highest BCUT2D eigenvalue weighted by Gasteiger charge is 2.13. The number of hydrogen-bond acceptors (Lipinski definition) is 3. The minimum Gasteiger partial charge on any atom is -0.457 e. The molecule has 0 aliphatic carbocycles. The molecule has 0 aliphatic rings. The van der Waals surface area contributed by atoms with Gasteiger partial charge in [-0.15, -0.1) is 0 Å². The van der Waals surface area contributed by atoms with Gasteiger partial charge in [-0.2, -0.15) is 0 Å². The maximum absolute atomic E-state index is 13.1. The number of halogens is 3. The highest BCUT2D eigenvalue weighted by molar-refractivity contribution is 6.33. The van der Waals surface area contributed by atoms with Crippen LogP contribution < -0.4 is 5.73 Å². The topological polar surface area (TPSA) is 52.3 Å². The highest BCUT2D eigenvalue weighted by atomic mass is 35.5. The first-order valence-electron chi connectivity index (χ1n) is 5.63. The van der Waals surface area contributed by atoms with Crippen LogP contribution in [0.15, 0.2) is 36.4 Å². The highest BCUT2D eigenvalue weighted by Crippen LogP contribution is 2.22. The molecule has 6 heteroatoms. The van der Waals surface area contributed by atoms with Crippen LogP contribution in [0, 0.1) is 5.82 Å². The number of carbonyl (C=O) groups is 1. The van der Waals surface area contributed by atoms with Gasteiger partial charge in [-0.3, -0.25) is 0 Å². The normalized spacial score (nSPS) is 10.3. The van der Waals surface area contributed by atoms with Crippen molar-refractivity contribution in [1.82, 2.24) is 0 Å². The number of rotatable bonds is 3. The number of carbonyl (C=O) groups excluding carboxylic acids is 1. The van der Waals surface area contributed by atoms with Gasteiger partial charge in [0, 0.05) is 21.3 Å². The summed E-state index contributed by atoms with van der Waals surface area (Å²) in [5, 5.41) is 0.903. The molecule has 0 atom stereocenters. The number of anilines is 1. The first-order chi connectivity index (χ1) is 9.47. The molecule has 0 aliphatic heterocycles. The van der Waals surface area contributed by atoms with Crippen molar-refractivity contribution >= 4 is 34.9 Å². The van der Waals surface area contributed by atoms with Gasteiger partial charge in [0.05, 0.1) is 5.56 Å². The molecule has 0 unspecified atom stereocenters. The molecule has 2 aromatic carbocycles. The molecule has 104 valence electrons. The van der Waals surface area contributed by atoms with Crippen molar-refractivity contribution in [3.05, 3.63) is 63.4 Å². The average Bonchev–Trinajstić information content (AvgIpc) is 2.42. The van der Waals surface area contributed by atoms with E-state index >= 15 is 0 Å². The second kappa shape index (κ2) is 6.11. The molecule has 0 amide bonds. The van der Waals surface area contributed by atoms with Crippen LogP contribution in [0.4, 0.5) is 10.1 Å². The molecule has 3 nitrogen and oxygen atoms in total. The Labute approximate surface area is 125 Å². The summed E-state index contributed by atoms with van der Waals surface area (Å²) in [6.45, 7) is -0.0752. The lowest BCUT2D eigenvalue weighted by atomic mass is 10.2. The molecule has 0 radical (unpaired) electrons. The lowest BCUT2D eigenvalue weighted by Crippen LogP contribution is -2.09. The molecular formula is C14H10Cl2FNO2. The van der Waals surface area contributed by atoms with Gasteiger partial charge < -0.3 is 10.5 Å². The summed E-state index contributed by atoms with van der Waals surface area (Å²) < 4.78 is 18.1. The Hall–Kier alpha value is -1.78. The van der Waals surface area contributed by atoms with Gasteiger partial charge in [0.15, 0.2) is 0 Å². The number of esters is 1. The molecule has 0 saturated heterocycles. The third kappa shape index (κ3) is 3.40. The Kier molecular flexibility index (Phi) is 4.47. The van der Waals surface area contributed by atoms with Gasteiger partial charge in [0.1, 0.15) is 12.4 Å². The Morgan fingerprint density at radius 3 is 2.70 bits per heavy atom. The second-order valence-electron chi connectivity index (χ2n) is 4.04. The third-order valence-electron chi connectivity index (χ3n) is 2.60. The van der Waals surface area contributed by atoms with Crippen LogP contribution in [0.1, 0.15) is 15.9 Å². The Morgan fingerprint density at radius 2 is 1.95 bits per heavy atom. The number of hydrogen-bond donors (Lipinski definition) is 1. The fraction of sp³-hybridized carbons (Fsp3) is 0.0714. The van der Waals surface area contributed by atoms with Crippen LogP contribution in [0.25, 0.3) is 0 Å². The van der Waals surface area contributed by atoms with Crippen molar-refractivity contribution in [3.63, 3.8) is 0 Å². The van der Waals surface area contributed by atoms with Crippen LogP contribution in [0.3, 0.4) is 0 Å². The first kappa shape index (κ1) is 14.6. The predicted octanol–water partition coefficient (Wildman–Crippen LogP) is 4.07. The van der Waals surface area contributed by atoms with Crippen LogP contribution in [-0.2, 0) is 11.3 Å². The van der Waals surface area contributed by atoms with Crippen molar-refractivity contribution in [2.24, 2.45) is 0 Å². The fourth-order valence-electron chi connectivity index (χ4n) is 1.58. The average molecular weight is 314 g/mol. The standard InChI is InChI=1S/C14H10Cl2FNO2/c15-9-1-3-12(16)8(5-9)7-20-14(19)11-6-10(17)2-4-13(11)18/h1-6H,7,18H2. The van der Waals surface area contributed by atoms with E-state index in [2.05, 4.69) is 0 Å². The third-order valence-corrected chi connectivity index (χ3v) is 3.21. The first-order valence-corrected chi connectivity index (χ1v) is 6.39. The van der Waals surface area contributed by atoms with E-state index in [1.165, 1.54) is 12.1 Å². The SMILES string of the molecule is Nc1ccc(F)cc1C(=O)OCc1cc(Cl)ccc1Cl. The van der Waals surface area contributed by atoms with E-state index in [0.29, 0.717) is 15.6 Å². The van der Waals surface area contributed by atoms with Crippen molar-refractivity contribution in [2.45, 2.75) is 6.61 Å². The largest absolute Gasteiger partial charge is 0.457 e. The number of nitrogens with two attached hydrogens (primary N) is 1. The molecule has 0 fully saturated rings. The Balaban J connectivity index is 2.12. The maximum Gasteiger partial charge on any atom is 0.340 e. The van der Waals surface area contributed by atoms with Crippen LogP contribution in [0.2, 0.25) is 10.0 Å². The molecular weight excluding hydrogens is 304 g/mol. The van der Waals surface area contributed by atoms with Crippen molar-refractivity contribution in [3.8, 4) is 0 Å². The lowest BCUT2D eigenvalue weighted by Gasteiger charge is -2.08. The van der Waals surface area contributed by atoms with Crippen LogP contribution in [0.5, 0.6) is 0 Å². The van der Waals surface area contributed by atoms with Crippen molar-refractivity contribution in [1.29, 1.82) is 0 Å². The van der Waals surface area contributed by atoms with E-state index in [1.54, 1.807) is 18.2 Å². The summed E-state index contributed by atoms with van der Waals surface area (Å²) in [5.41, 5.74) is 6.28. The summed E-state index contributed by atoms with van der Waals surface area (Å²) in [4.78, 5) is 11.8. The Morgan fingerprint density at radius 1 is 1.20 bits per heavy atom. The van der Waals surface area contributed by atoms with Gasteiger partial charge in [-0.1, -0.05) is 23.2 Å². The molecule has 2 aromatic rings. The maximum atomic E-state index is 13.1. The minimum absolute atomic E-state index is 0.0249. The van der Waals surface area contributed by atoms with Gasteiger partial charge in [0.25, 0.3) is 0 Å². The van der Waals surface area contributed by atoms with Crippen molar-refractivity contribution in [2.75, 3.05) is 5.73 Å². The summed E-state index contributed by atoms with van der Waals surface area (Å²) in [6.07, 6.45) is 0. The zero-order chi connectivity index (χ0) is 14.7. The molecule has 2 N–H and O–H groups in total. The van der Waals surface area contributed by atoms with Crippen molar-refractivity contribution < 1.29 is 13.9 Å². The van der Waals surface area contributed by atoms with E-state index < -0.39 is 11.8 Å². The van der Waals surface area contributed by atoms with Gasteiger partial charge in [-0.05, 0) is 36.4 Å². The fourth-order valence-corrected chi connectivity index (χ4v) is 1.95. The van der Waals surface area contributed by atoms with E-state index in [9.17, 15) is 9.18 Å².